The summed E-state index contributed by atoms with van der Waals surface area (Å²) < 4.78 is 0. The van der Waals surface area contributed by atoms with Crippen LogP contribution in [0.15, 0.2) is 42.5 Å². The Morgan fingerprint density at radius 3 is 2.16 bits per heavy atom. The molecule has 0 aliphatic rings. The molecule has 0 aromatic heterocycles. The van der Waals surface area contributed by atoms with Crippen molar-refractivity contribution in [3.63, 3.8) is 0 Å². The third-order valence-corrected chi connectivity index (χ3v) is 4.23. The highest BCUT2D eigenvalue weighted by atomic mass is 35.5. The summed E-state index contributed by atoms with van der Waals surface area (Å²) in [6.07, 6.45) is 2.81. The van der Waals surface area contributed by atoms with Crippen LogP contribution in [0.4, 0.5) is 5.69 Å². The number of carbonyl (C=O) groups excluding carboxylic acids is 2. The van der Waals surface area contributed by atoms with Crippen LogP contribution in [0.25, 0.3) is 6.08 Å². The number of hydrogen-bond acceptors (Lipinski definition) is 2. The first-order valence-corrected chi connectivity index (χ1v) is 8.40. The molecule has 2 aromatic carbocycles. The van der Waals surface area contributed by atoms with E-state index in [-0.39, 0.29) is 12.5 Å². The predicted molar refractivity (Wildman–Crippen MR) is 103 cm³/mol. The van der Waals surface area contributed by atoms with Gasteiger partial charge in [0, 0.05) is 27.4 Å². The molecule has 0 aliphatic carbocycles. The maximum absolute atomic E-state index is 12.0. The van der Waals surface area contributed by atoms with Gasteiger partial charge >= 0.3 is 0 Å². The summed E-state index contributed by atoms with van der Waals surface area (Å²) in [5.41, 5.74) is 3.25. The fraction of sp³-hybridized carbons (Fsp3) is 0.158. The molecule has 0 atom stereocenters. The minimum Gasteiger partial charge on any atom is -0.343 e. The van der Waals surface area contributed by atoms with Crippen LogP contribution in [0.3, 0.4) is 0 Å². The Labute approximate surface area is 156 Å². The Kier molecular flexibility index (Phi) is 6.62. The highest BCUT2D eigenvalue weighted by molar-refractivity contribution is 6.37. The quantitative estimate of drug-likeness (QED) is 0.760. The van der Waals surface area contributed by atoms with E-state index in [1.54, 1.807) is 18.2 Å². The lowest BCUT2D eigenvalue weighted by Gasteiger charge is -2.11. The number of halogens is 2. The second-order valence-corrected chi connectivity index (χ2v) is 6.32. The fourth-order valence-electron chi connectivity index (χ4n) is 2.25. The van der Waals surface area contributed by atoms with Crippen molar-refractivity contribution in [3.05, 3.63) is 69.2 Å². The molecule has 2 N–H and O–H groups in total. The van der Waals surface area contributed by atoms with Crippen molar-refractivity contribution >= 4 is 46.8 Å². The van der Waals surface area contributed by atoms with Gasteiger partial charge in [-0.2, -0.15) is 0 Å². The number of nitrogens with one attached hydrogen (secondary N) is 2. The summed E-state index contributed by atoms with van der Waals surface area (Å²) in [6.45, 7) is 3.70. The summed E-state index contributed by atoms with van der Waals surface area (Å²) in [5.74, 6) is -0.706. The molecule has 0 bridgehead atoms. The predicted octanol–water partition coefficient (Wildman–Crippen LogP) is 4.38. The van der Waals surface area contributed by atoms with E-state index in [2.05, 4.69) is 10.6 Å². The summed E-state index contributed by atoms with van der Waals surface area (Å²) >= 11 is 12.1. The number of anilines is 1. The largest absolute Gasteiger partial charge is 0.343 e. The zero-order valence-corrected chi connectivity index (χ0v) is 15.4. The second-order valence-electron chi connectivity index (χ2n) is 5.50. The van der Waals surface area contributed by atoms with E-state index < -0.39 is 5.91 Å². The lowest BCUT2D eigenvalue weighted by Crippen LogP contribution is -2.32. The van der Waals surface area contributed by atoms with Crippen molar-refractivity contribution < 1.29 is 9.59 Å². The first kappa shape index (κ1) is 19.0. The number of benzene rings is 2. The van der Waals surface area contributed by atoms with E-state index >= 15 is 0 Å². The molecule has 6 heteroatoms. The van der Waals surface area contributed by atoms with Gasteiger partial charge in [-0.15, -0.1) is 0 Å². The molecule has 2 rings (SSSR count). The Balaban J connectivity index is 1.91. The van der Waals surface area contributed by atoms with Gasteiger partial charge in [-0.25, -0.2) is 0 Å². The molecular weight excluding hydrogens is 359 g/mol. The lowest BCUT2D eigenvalue weighted by atomic mass is 10.1. The van der Waals surface area contributed by atoms with Gasteiger partial charge in [0.25, 0.3) is 0 Å². The van der Waals surface area contributed by atoms with Crippen LogP contribution in [0.2, 0.25) is 10.0 Å². The smallest absolute Gasteiger partial charge is 0.244 e. The van der Waals surface area contributed by atoms with Crippen LogP contribution in [0.1, 0.15) is 16.7 Å². The van der Waals surface area contributed by atoms with Crippen molar-refractivity contribution in [1.82, 2.24) is 5.32 Å². The Bertz CT molecular complexity index is 792. The SMILES string of the molecule is Cc1cccc(C)c1NC(=O)CNC(=O)/C=C/c1c(Cl)cccc1Cl. The van der Waals surface area contributed by atoms with Crippen molar-refractivity contribution in [3.8, 4) is 0 Å². The lowest BCUT2D eigenvalue weighted by molar-refractivity contribution is -0.121. The van der Waals surface area contributed by atoms with Crippen LogP contribution in [0.5, 0.6) is 0 Å². The highest BCUT2D eigenvalue weighted by Gasteiger charge is 2.08. The van der Waals surface area contributed by atoms with Crippen molar-refractivity contribution in [1.29, 1.82) is 0 Å². The molecule has 25 heavy (non-hydrogen) atoms. The van der Waals surface area contributed by atoms with Crippen molar-refractivity contribution in [2.75, 3.05) is 11.9 Å². The number of rotatable bonds is 5. The first-order valence-electron chi connectivity index (χ1n) is 7.64. The third-order valence-electron chi connectivity index (χ3n) is 3.57. The van der Waals surface area contributed by atoms with Gasteiger partial charge in [-0.05, 0) is 43.2 Å². The first-order chi connectivity index (χ1) is 11.9. The highest BCUT2D eigenvalue weighted by Crippen LogP contribution is 2.25. The molecule has 0 spiro atoms. The van der Waals surface area contributed by atoms with Gasteiger partial charge in [-0.3, -0.25) is 9.59 Å². The van der Waals surface area contributed by atoms with Gasteiger partial charge < -0.3 is 10.6 Å². The average Bonchev–Trinajstić information content (AvgIpc) is 2.56. The standard InChI is InChI=1S/C19H18Cl2N2O2/c1-12-5-3-6-13(2)19(12)23-18(25)11-22-17(24)10-9-14-15(20)7-4-8-16(14)21/h3-10H,11H2,1-2H3,(H,22,24)(H,23,25)/b10-9+. The number of amides is 2. The fourth-order valence-corrected chi connectivity index (χ4v) is 2.77. The van der Waals surface area contributed by atoms with Crippen molar-refractivity contribution in [2.45, 2.75) is 13.8 Å². The average molecular weight is 377 g/mol. The van der Waals surface area contributed by atoms with Gasteiger partial charge in [0.1, 0.15) is 0 Å². The molecule has 0 saturated carbocycles. The maximum atomic E-state index is 12.0. The molecule has 0 aliphatic heterocycles. The number of carbonyl (C=O) groups is 2. The van der Waals surface area contributed by atoms with Crippen LogP contribution in [0, 0.1) is 13.8 Å². The molecule has 0 fully saturated rings. The summed E-state index contributed by atoms with van der Waals surface area (Å²) in [7, 11) is 0. The third kappa shape index (κ3) is 5.34. The van der Waals surface area contributed by atoms with E-state index in [0.717, 1.165) is 16.8 Å². The zero-order chi connectivity index (χ0) is 18.4. The van der Waals surface area contributed by atoms with Gasteiger partial charge in [0.05, 0.1) is 6.54 Å². The topological polar surface area (TPSA) is 58.2 Å². The molecule has 0 unspecified atom stereocenters. The zero-order valence-electron chi connectivity index (χ0n) is 13.9. The summed E-state index contributed by atoms with van der Waals surface area (Å²) in [4.78, 5) is 23.9. The summed E-state index contributed by atoms with van der Waals surface area (Å²) in [5, 5.41) is 6.23. The van der Waals surface area contributed by atoms with Crippen LogP contribution in [-0.4, -0.2) is 18.4 Å². The minimum atomic E-state index is -0.410. The molecule has 2 aromatic rings. The Morgan fingerprint density at radius 1 is 1.00 bits per heavy atom. The number of aryl methyl sites for hydroxylation is 2. The van der Waals surface area contributed by atoms with Crippen LogP contribution in [-0.2, 0) is 9.59 Å². The molecule has 0 saturated heterocycles. The minimum absolute atomic E-state index is 0.132. The number of para-hydroxylation sites is 1. The Morgan fingerprint density at radius 2 is 1.56 bits per heavy atom. The number of hydrogen-bond donors (Lipinski definition) is 2. The van der Waals surface area contributed by atoms with Crippen molar-refractivity contribution in [2.24, 2.45) is 0 Å². The second kappa shape index (κ2) is 8.70. The molecule has 0 radical (unpaired) electrons. The molecule has 0 heterocycles. The maximum Gasteiger partial charge on any atom is 0.244 e. The van der Waals surface area contributed by atoms with E-state index in [0.29, 0.717) is 15.6 Å². The monoisotopic (exact) mass is 376 g/mol. The van der Waals surface area contributed by atoms with Crippen LogP contribution < -0.4 is 10.6 Å². The van der Waals surface area contributed by atoms with E-state index in [9.17, 15) is 9.59 Å². The van der Waals surface area contributed by atoms with E-state index in [1.807, 2.05) is 32.0 Å². The summed E-state index contributed by atoms with van der Waals surface area (Å²) in [6, 6.07) is 10.8. The van der Waals surface area contributed by atoms with Gasteiger partial charge in [0.2, 0.25) is 11.8 Å². The van der Waals surface area contributed by atoms with E-state index in [4.69, 9.17) is 23.2 Å². The van der Waals surface area contributed by atoms with Crippen LogP contribution >= 0.6 is 23.2 Å². The van der Waals surface area contributed by atoms with Gasteiger partial charge in [0.15, 0.2) is 0 Å². The normalized spacial score (nSPS) is 10.7. The molecular formula is C19H18Cl2N2O2. The molecule has 4 nitrogen and oxygen atoms in total. The van der Waals surface area contributed by atoms with E-state index in [1.165, 1.54) is 12.2 Å². The Hall–Kier alpha value is -2.30. The molecule has 130 valence electrons. The molecule has 2 amide bonds. The van der Waals surface area contributed by atoms with Gasteiger partial charge in [-0.1, -0.05) is 47.5 Å².